The second-order valence-electron chi connectivity index (χ2n) is 5.02. The van der Waals surface area contributed by atoms with Gasteiger partial charge in [0.05, 0.1) is 13.2 Å². The van der Waals surface area contributed by atoms with E-state index >= 15 is 0 Å². The third-order valence-electron chi connectivity index (χ3n) is 3.11. The number of aliphatic imine (C=N–C) groups is 1. The van der Waals surface area contributed by atoms with Crippen molar-refractivity contribution < 1.29 is 13.9 Å². The molecule has 1 aromatic carbocycles. The number of ether oxygens (including phenoxy) is 2. The zero-order chi connectivity index (χ0) is 16.8. The fourth-order valence-electron chi connectivity index (χ4n) is 1.92. The Morgan fingerprint density at radius 2 is 1.91 bits per heavy atom. The molecule has 2 N–H and O–H groups in total. The number of rotatable bonds is 11. The van der Waals surface area contributed by atoms with Crippen LogP contribution in [0.2, 0.25) is 0 Å². The number of hydrogen-bond donors (Lipinski definition) is 2. The highest BCUT2D eigenvalue weighted by molar-refractivity contribution is 5.79. The molecule has 5 nitrogen and oxygen atoms in total. The van der Waals surface area contributed by atoms with Gasteiger partial charge in [0.15, 0.2) is 5.96 Å². The zero-order valence-corrected chi connectivity index (χ0v) is 14.1. The molecular weight excluding hydrogens is 297 g/mol. The lowest BCUT2D eigenvalue weighted by molar-refractivity contribution is 0.0702. The Balaban J connectivity index is 2.22. The van der Waals surface area contributed by atoms with Crippen molar-refractivity contribution in [2.45, 2.75) is 19.8 Å². The van der Waals surface area contributed by atoms with Gasteiger partial charge in [-0.1, -0.05) is 12.1 Å². The second kappa shape index (κ2) is 12.8. The summed E-state index contributed by atoms with van der Waals surface area (Å²) in [5.74, 6) is 0.593. The Morgan fingerprint density at radius 3 is 2.61 bits per heavy atom. The van der Waals surface area contributed by atoms with Crippen LogP contribution >= 0.6 is 0 Å². The molecule has 0 saturated heterocycles. The van der Waals surface area contributed by atoms with E-state index in [-0.39, 0.29) is 5.82 Å². The highest BCUT2D eigenvalue weighted by Crippen LogP contribution is 2.02. The molecule has 130 valence electrons. The van der Waals surface area contributed by atoms with Crippen LogP contribution in [0.15, 0.2) is 29.3 Å². The third-order valence-corrected chi connectivity index (χ3v) is 3.11. The number of nitrogens with zero attached hydrogens (tertiary/aromatic N) is 1. The standard InChI is InChI=1S/C17H28FN3O2/c1-3-19-17(20-10-4-12-23-14-13-22-2)21-11-9-15-5-7-16(18)8-6-15/h5-8H,3-4,9-14H2,1-2H3,(H2,19,20,21). The Bertz CT molecular complexity index is 438. The van der Waals surface area contributed by atoms with E-state index in [1.54, 1.807) is 19.2 Å². The minimum absolute atomic E-state index is 0.204. The Morgan fingerprint density at radius 1 is 1.13 bits per heavy atom. The van der Waals surface area contributed by atoms with Crippen LogP contribution in [-0.2, 0) is 15.9 Å². The molecule has 0 unspecified atom stereocenters. The van der Waals surface area contributed by atoms with Gasteiger partial charge < -0.3 is 20.1 Å². The largest absolute Gasteiger partial charge is 0.382 e. The lowest BCUT2D eigenvalue weighted by Gasteiger charge is -2.11. The topological polar surface area (TPSA) is 54.9 Å². The van der Waals surface area contributed by atoms with Gasteiger partial charge in [-0.2, -0.15) is 0 Å². The van der Waals surface area contributed by atoms with E-state index in [2.05, 4.69) is 15.6 Å². The van der Waals surface area contributed by atoms with E-state index in [0.717, 1.165) is 37.5 Å². The summed E-state index contributed by atoms with van der Waals surface area (Å²) in [6.07, 6.45) is 1.70. The van der Waals surface area contributed by atoms with E-state index in [9.17, 15) is 4.39 Å². The second-order valence-corrected chi connectivity index (χ2v) is 5.02. The Labute approximate surface area is 138 Å². The lowest BCUT2D eigenvalue weighted by Crippen LogP contribution is -2.38. The molecule has 0 fully saturated rings. The molecule has 1 rings (SSSR count). The van der Waals surface area contributed by atoms with Crippen LogP contribution in [0.5, 0.6) is 0 Å². The molecule has 0 aliphatic rings. The van der Waals surface area contributed by atoms with Gasteiger partial charge in [0.1, 0.15) is 5.82 Å². The summed E-state index contributed by atoms with van der Waals surface area (Å²) in [6, 6.07) is 6.58. The predicted molar refractivity (Wildman–Crippen MR) is 91.4 cm³/mol. The SMILES string of the molecule is CCNC(=NCCCOCCOC)NCCc1ccc(F)cc1. The summed E-state index contributed by atoms with van der Waals surface area (Å²) in [4.78, 5) is 4.50. The molecule has 0 bridgehead atoms. The maximum absolute atomic E-state index is 12.8. The van der Waals surface area contributed by atoms with E-state index in [4.69, 9.17) is 9.47 Å². The minimum atomic E-state index is -0.204. The van der Waals surface area contributed by atoms with Gasteiger partial charge in [0.2, 0.25) is 0 Å². The Hall–Kier alpha value is -1.66. The molecule has 0 amide bonds. The van der Waals surface area contributed by atoms with E-state index in [1.807, 2.05) is 6.92 Å². The van der Waals surface area contributed by atoms with Crippen molar-refractivity contribution in [3.8, 4) is 0 Å². The van der Waals surface area contributed by atoms with Crippen molar-refractivity contribution in [2.75, 3.05) is 46.6 Å². The van der Waals surface area contributed by atoms with E-state index < -0.39 is 0 Å². The van der Waals surface area contributed by atoms with E-state index in [0.29, 0.717) is 26.4 Å². The first-order chi connectivity index (χ1) is 11.3. The van der Waals surface area contributed by atoms with Gasteiger partial charge >= 0.3 is 0 Å². The number of hydrogen-bond acceptors (Lipinski definition) is 3. The van der Waals surface area contributed by atoms with Crippen molar-refractivity contribution in [1.29, 1.82) is 0 Å². The van der Waals surface area contributed by atoms with Crippen LogP contribution in [0, 0.1) is 5.82 Å². The molecule has 0 aromatic heterocycles. The molecule has 23 heavy (non-hydrogen) atoms. The minimum Gasteiger partial charge on any atom is -0.382 e. The van der Waals surface area contributed by atoms with Gasteiger partial charge in [-0.3, -0.25) is 4.99 Å². The smallest absolute Gasteiger partial charge is 0.191 e. The molecule has 0 atom stereocenters. The van der Waals surface area contributed by atoms with Crippen molar-refractivity contribution in [2.24, 2.45) is 4.99 Å². The van der Waals surface area contributed by atoms with Crippen LogP contribution in [-0.4, -0.2) is 52.5 Å². The summed E-state index contributed by atoms with van der Waals surface area (Å²) in [5, 5.41) is 6.49. The monoisotopic (exact) mass is 325 g/mol. The van der Waals surface area contributed by atoms with Crippen molar-refractivity contribution >= 4 is 5.96 Å². The van der Waals surface area contributed by atoms with Crippen LogP contribution in [0.25, 0.3) is 0 Å². The Kier molecular flexibility index (Phi) is 10.8. The molecule has 1 aromatic rings. The summed E-state index contributed by atoms with van der Waals surface area (Å²) >= 11 is 0. The van der Waals surface area contributed by atoms with Gasteiger partial charge in [-0.15, -0.1) is 0 Å². The van der Waals surface area contributed by atoms with Gasteiger partial charge in [0, 0.05) is 33.4 Å². The van der Waals surface area contributed by atoms with Gasteiger partial charge in [0.25, 0.3) is 0 Å². The molecular formula is C17H28FN3O2. The molecule has 0 aliphatic heterocycles. The summed E-state index contributed by atoms with van der Waals surface area (Å²) in [6.45, 7) is 6.23. The lowest BCUT2D eigenvalue weighted by atomic mass is 10.1. The maximum atomic E-state index is 12.8. The molecule has 0 aliphatic carbocycles. The first kappa shape index (κ1) is 19.4. The van der Waals surface area contributed by atoms with E-state index in [1.165, 1.54) is 12.1 Å². The summed E-state index contributed by atoms with van der Waals surface area (Å²) in [5.41, 5.74) is 1.10. The van der Waals surface area contributed by atoms with Crippen molar-refractivity contribution in [1.82, 2.24) is 10.6 Å². The molecule has 0 heterocycles. The molecule has 6 heteroatoms. The first-order valence-electron chi connectivity index (χ1n) is 8.09. The van der Waals surface area contributed by atoms with Crippen molar-refractivity contribution in [3.63, 3.8) is 0 Å². The normalized spacial score (nSPS) is 11.5. The number of methoxy groups -OCH3 is 1. The van der Waals surface area contributed by atoms with Gasteiger partial charge in [-0.05, 0) is 37.5 Å². The van der Waals surface area contributed by atoms with Crippen LogP contribution < -0.4 is 10.6 Å². The average Bonchev–Trinajstić information content (AvgIpc) is 2.56. The van der Waals surface area contributed by atoms with Gasteiger partial charge in [-0.25, -0.2) is 4.39 Å². The summed E-state index contributed by atoms with van der Waals surface area (Å²) < 4.78 is 23.2. The molecule has 0 saturated carbocycles. The quantitative estimate of drug-likeness (QED) is 0.371. The number of nitrogens with one attached hydrogen (secondary N) is 2. The van der Waals surface area contributed by atoms with Crippen LogP contribution in [0.3, 0.4) is 0 Å². The first-order valence-corrected chi connectivity index (χ1v) is 8.09. The maximum Gasteiger partial charge on any atom is 0.191 e. The number of halogens is 1. The number of benzene rings is 1. The number of guanidine groups is 1. The summed E-state index contributed by atoms with van der Waals surface area (Å²) in [7, 11) is 1.66. The molecule has 0 radical (unpaired) electrons. The van der Waals surface area contributed by atoms with Crippen LogP contribution in [0.4, 0.5) is 4.39 Å². The highest BCUT2D eigenvalue weighted by Gasteiger charge is 1.98. The highest BCUT2D eigenvalue weighted by atomic mass is 19.1. The zero-order valence-electron chi connectivity index (χ0n) is 14.1. The third kappa shape index (κ3) is 9.86. The molecule has 0 spiro atoms. The van der Waals surface area contributed by atoms with Crippen molar-refractivity contribution in [3.05, 3.63) is 35.6 Å². The predicted octanol–water partition coefficient (Wildman–Crippen LogP) is 1.98. The average molecular weight is 325 g/mol. The fourth-order valence-corrected chi connectivity index (χ4v) is 1.92. The fraction of sp³-hybridized carbons (Fsp3) is 0.588. The van der Waals surface area contributed by atoms with Crippen LogP contribution in [0.1, 0.15) is 18.9 Å².